The third-order valence-corrected chi connectivity index (χ3v) is 0.940. The van der Waals surface area contributed by atoms with Crippen LogP contribution in [0.1, 0.15) is 13.3 Å². The molecule has 0 aliphatic carbocycles. The summed E-state index contributed by atoms with van der Waals surface area (Å²) in [6.45, 7) is 1.35. The highest BCUT2D eigenvalue weighted by Gasteiger charge is 2.27. The Bertz CT molecular complexity index is 146. The number of nitrogens with one attached hydrogen (secondary N) is 1. The summed E-state index contributed by atoms with van der Waals surface area (Å²) < 4.78 is 38.6. The summed E-state index contributed by atoms with van der Waals surface area (Å²) in [7, 11) is 0. The zero-order chi connectivity index (χ0) is 9.61. The summed E-state index contributed by atoms with van der Waals surface area (Å²) in [6, 6.07) is 0. The molecule has 6 heteroatoms. The Balaban J connectivity index is 3.37. The second kappa shape index (κ2) is 4.84. The van der Waals surface area contributed by atoms with Crippen molar-refractivity contribution in [3.63, 3.8) is 0 Å². The van der Waals surface area contributed by atoms with Crippen LogP contribution in [-0.4, -0.2) is 25.4 Å². The number of alkyl carbamates (subject to hydrolysis) is 1. The Hall–Kier alpha value is -0.940. The number of carbonyl (C=O) groups is 1. The third-order valence-electron chi connectivity index (χ3n) is 0.940. The Labute approximate surface area is 67.9 Å². The topological polar surface area (TPSA) is 38.3 Å². The van der Waals surface area contributed by atoms with E-state index in [2.05, 4.69) is 10.1 Å². The van der Waals surface area contributed by atoms with E-state index in [9.17, 15) is 18.0 Å². The van der Waals surface area contributed by atoms with Gasteiger partial charge in [-0.3, -0.25) is 0 Å². The fourth-order valence-electron chi connectivity index (χ4n) is 0.455. The van der Waals surface area contributed by atoms with Gasteiger partial charge in [0.2, 0.25) is 0 Å². The van der Waals surface area contributed by atoms with Crippen molar-refractivity contribution in [1.29, 1.82) is 0 Å². The van der Waals surface area contributed by atoms with Crippen molar-refractivity contribution in [2.45, 2.75) is 19.5 Å². The van der Waals surface area contributed by atoms with Gasteiger partial charge < -0.3 is 10.1 Å². The van der Waals surface area contributed by atoms with Crippen LogP contribution in [0.15, 0.2) is 0 Å². The SMILES string of the molecule is CCNC(=O)OCCC(F)(F)F. The van der Waals surface area contributed by atoms with Gasteiger partial charge in [-0.1, -0.05) is 0 Å². The lowest BCUT2D eigenvalue weighted by Gasteiger charge is -2.07. The van der Waals surface area contributed by atoms with E-state index in [0.29, 0.717) is 6.54 Å². The molecule has 0 aromatic heterocycles. The first kappa shape index (κ1) is 11.1. The minimum absolute atomic E-state index is 0.338. The minimum atomic E-state index is -4.27. The van der Waals surface area contributed by atoms with Crippen LogP contribution in [0.5, 0.6) is 0 Å². The van der Waals surface area contributed by atoms with E-state index >= 15 is 0 Å². The number of carbonyl (C=O) groups excluding carboxylic acids is 1. The van der Waals surface area contributed by atoms with Crippen LogP contribution in [0, 0.1) is 0 Å². The maximum absolute atomic E-state index is 11.5. The van der Waals surface area contributed by atoms with Crippen LogP contribution < -0.4 is 5.32 Å². The van der Waals surface area contributed by atoms with E-state index in [1.807, 2.05) is 0 Å². The van der Waals surface area contributed by atoms with Gasteiger partial charge in [-0.15, -0.1) is 0 Å². The molecule has 0 spiro atoms. The summed E-state index contributed by atoms with van der Waals surface area (Å²) in [5, 5.41) is 2.20. The highest BCUT2D eigenvalue weighted by molar-refractivity contribution is 5.66. The van der Waals surface area contributed by atoms with Crippen molar-refractivity contribution in [2.75, 3.05) is 13.2 Å². The molecule has 1 amide bonds. The fourth-order valence-corrected chi connectivity index (χ4v) is 0.455. The van der Waals surface area contributed by atoms with Crippen molar-refractivity contribution in [2.24, 2.45) is 0 Å². The molecule has 0 rings (SSSR count). The molecule has 3 nitrogen and oxygen atoms in total. The lowest BCUT2D eigenvalue weighted by molar-refractivity contribution is -0.141. The van der Waals surface area contributed by atoms with Crippen molar-refractivity contribution in [3.8, 4) is 0 Å². The number of hydrogen-bond acceptors (Lipinski definition) is 2. The molecule has 0 atom stereocenters. The summed E-state index contributed by atoms with van der Waals surface area (Å²) >= 11 is 0. The van der Waals surface area contributed by atoms with E-state index in [1.165, 1.54) is 0 Å². The van der Waals surface area contributed by atoms with Gasteiger partial charge in [0.05, 0.1) is 6.42 Å². The predicted molar refractivity (Wildman–Crippen MR) is 35.7 cm³/mol. The van der Waals surface area contributed by atoms with Crippen LogP contribution in [0.3, 0.4) is 0 Å². The first-order valence-corrected chi connectivity index (χ1v) is 3.43. The molecular weight excluding hydrogens is 175 g/mol. The monoisotopic (exact) mass is 185 g/mol. The van der Waals surface area contributed by atoms with E-state index in [0.717, 1.165) is 0 Å². The van der Waals surface area contributed by atoms with Crippen LogP contribution >= 0.6 is 0 Å². The highest BCUT2D eigenvalue weighted by atomic mass is 19.4. The van der Waals surface area contributed by atoms with Gasteiger partial charge in [0.25, 0.3) is 0 Å². The lowest BCUT2D eigenvalue weighted by Crippen LogP contribution is -2.25. The molecule has 0 fully saturated rings. The largest absolute Gasteiger partial charge is 0.449 e. The van der Waals surface area contributed by atoms with Crippen LogP contribution in [0.25, 0.3) is 0 Å². The molecule has 0 aromatic rings. The van der Waals surface area contributed by atoms with Crippen molar-refractivity contribution in [1.82, 2.24) is 5.32 Å². The Kier molecular flexibility index (Phi) is 4.46. The number of halogens is 3. The molecule has 0 bridgehead atoms. The van der Waals surface area contributed by atoms with Crippen LogP contribution in [0.4, 0.5) is 18.0 Å². The summed E-state index contributed by atoms with van der Waals surface area (Å²) in [5.74, 6) is 0. The van der Waals surface area contributed by atoms with Gasteiger partial charge in [0, 0.05) is 6.54 Å². The maximum Gasteiger partial charge on any atom is 0.407 e. The van der Waals surface area contributed by atoms with Gasteiger partial charge in [-0.05, 0) is 6.92 Å². The number of ether oxygens (including phenoxy) is 1. The average molecular weight is 185 g/mol. The number of alkyl halides is 3. The molecule has 72 valence electrons. The second-order valence-corrected chi connectivity index (χ2v) is 2.03. The van der Waals surface area contributed by atoms with Gasteiger partial charge >= 0.3 is 12.3 Å². The lowest BCUT2D eigenvalue weighted by atomic mass is 10.4. The van der Waals surface area contributed by atoms with Gasteiger partial charge in [0.15, 0.2) is 0 Å². The molecule has 0 aliphatic rings. The molecule has 0 heterocycles. The fraction of sp³-hybridized carbons (Fsp3) is 0.833. The second-order valence-electron chi connectivity index (χ2n) is 2.03. The Morgan fingerprint density at radius 1 is 1.50 bits per heavy atom. The summed E-state index contributed by atoms with van der Waals surface area (Å²) in [6.07, 6.45) is -6.20. The maximum atomic E-state index is 11.5. The number of amides is 1. The summed E-state index contributed by atoms with van der Waals surface area (Å²) in [4.78, 5) is 10.4. The Morgan fingerprint density at radius 2 is 2.08 bits per heavy atom. The minimum Gasteiger partial charge on any atom is -0.449 e. The molecule has 0 aliphatic heterocycles. The molecule has 1 N–H and O–H groups in total. The zero-order valence-electron chi connectivity index (χ0n) is 6.57. The average Bonchev–Trinajstić information content (AvgIpc) is 1.84. The molecule has 0 aromatic carbocycles. The first-order chi connectivity index (χ1) is 5.45. The Morgan fingerprint density at radius 3 is 2.50 bits per heavy atom. The molecule has 0 saturated heterocycles. The van der Waals surface area contributed by atoms with Gasteiger partial charge in [0.1, 0.15) is 6.61 Å². The smallest absolute Gasteiger partial charge is 0.407 e. The molecule has 0 radical (unpaired) electrons. The van der Waals surface area contributed by atoms with E-state index < -0.39 is 25.3 Å². The summed E-state index contributed by atoms with van der Waals surface area (Å²) in [5.41, 5.74) is 0. The van der Waals surface area contributed by atoms with E-state index in [4.69, 9.17) is 0 Å². The van der Waals surface area contributed by atoms with Crippen molar-refractivity contribution < 1.29 is 22.7 Å². The number of rotatable bonds is 3. The normalized spacial score (nSPS) is 11.0. The van der Waals surface area contributed by atoms with Gasteiger partial charge in [-0.25, -0.2) is 4.79 Å². The van der Waals surface area contributed by atoms with Crippen molar-refractivity contribution in [3.05, 3.63) is 0 Å². The highest BCUT2D eigenvalue weighted by Crippen LogP contribution is 2.18. The predicted octanol–water partition coefficient (Wildman–Crippen LogP) is 1.68. The van der Waals surface area contributed by atoms with E-state index in [-0.39, 0.29) is 0 Å². The molecule has 0 unspecified atom stereocenters. The van der Waals surface area contributed by atoms with Crippen LogP contribution in [0.2, 0.25) is 0 Å². The quantitative estimate of drug-likeness (QED) is 0.726. The molecule has 12 heavy (non-hydrogen) atoms. The molecular formula is C6H10F3NO2. The van der Waals surface area contributed by atoms with Crippen molar-refractivity contribution >= 4 is 6.09 Å². The standard InChI is InChI=1S/C6H10F3NO2/c1-2-10-5(11)12-4-3-6(7,8)9/h2-4H2,1H3,(H,10,11). The zero-order valence-corrected chi connectivity index (χ0v) is 6.57. The number of hydrogen-bond donors (Lipinski definition) is 1. The third kappa shape index (κ3) is 7.17. The molecule has 0 saturated carbocycles. The van der Waals surface area contributed by atoms with Gasteiger partial charge in [-0.2, -0.15) is 13.2 Å². The van der Waals surface area contributed by atoms with E-state index in [1.54, 1.807) is 6.92 Å². The van der Waals surface area contributed by atoms with Crippen LogP contribution in [-0.2, 0) is 4.74 Å². The first-order valence-electron chi connectivity index (χ1n) is 3.43.